The number of benzene rings is 1. The Kier molecular flexibility index (Phi) is 6.23. The van der Waals surface area contributed by atoms with Gasteiger partial charge in [-0.25, -0.2) is 0 Å². The fourth-order valence-electron chi connectivity index (χ4n) is 2.60. The van der Waals surface area contributed by atoms with Gasteiger partial charge in [-0.2, -0.15) is 5.26 Å². The molecular weight excluding hydrogens is 274 g/mol. The van der Waals surface area contributed by atoms with Gasteiger partial charge in [0.1, 0.15) is 0 Å². The number of piperidine rings is 1. The van der Waals surface area contributed by atoms with Crippen LogP contribution in [0.5, 0.6) is 0 Å². The predicted octanol–water partition coefficient (Wildman–Crippen LogP) is 2.41. The highest BCUT2D eigenvalue weighted by molar-refractivity contribution is 5.92. The predicted molar refractivity (Wildman–Crippen MR) is 90.7 cm³/mol. The van der Waals surface area contributed by atoms with Gasteiger partial charge >= 0.3 is 0 Å². The fraction of sp³-hybridized carbons (Fsp3) is 0.529. The Labute approximate surface area is 132 Å². The molecule has 1 saturated heterocycles. The number of nitrogens with zero attached hydrogens (tertiary/aromatic N) is 3. The molecule has 0 radical (unpaired) electrons. The van der Waals surface area contributed by atoms with Crippen molar-refractivity contribution < 1.29 is 0 Å². The molecule has 1 aromatic rings. The van der Waals surface area contributed by atoms with E-state index in [4.69, 9.17) is 11.0 Å². The highest BCUT2D eigenvalue weighted by Gasteiger charge is 2.14. The van der Waals surface area contributed by atoms with Crippen LogP contribution in [-0.4, -0.2) is 37.0 Å². The van der Waals surface area contributed by atoms with Crippen molar-refractivity contribution in [2.75, 3.05) is 31.5 Å². The molecule has 0 unspecified atom stereocenters. The molecule has 0 aliphatic carbocycles. The number of hydrogen-bond donors (Lipinski definition) is 2. The van der Waals surface area contributed by atoms with Gasteiger partial charge in [0.2, 0.25) is 0 Å². The molecule has 3 N–H and O–H groups in total. The molecule has 1 aromatic carbocycles. The van der Waals surface area contributed by atoms with Crippen LogP contribution in [0.1, 0.15) is 31.7 Å². The molecule has 5 nitrogen and oxygen atoms in total. The summed E-state index contributed by atoms with van der Waals surface area (Å²) in [5.74, 6) is 1.30. The molecule has 2 rings (SSSR count). The van der Waals surface area contributed by atoms with E-state index in [2.05, 4.69) is 28.2 Å². The summed E-state index contributed by atoms with van der Waals surface area (Å²) >= 11 is 0. The maximum absolute atomic E-state index is 8.75. The van der Waals surface area contributed by atoms with Gasteiger partial charge in [0.25, 0.3) is 0 Å². The molecule has 0 amide bonds. The molecule has 1 fully saturated rings. The van der Waals surface area contributed by atoms with Crippen molar-refractivity contribution in [2.24, 2.45) is 16.6 Å². The van der Waals surface area contributed by atoms with Gasteiger partial charge in [-0.15, -0.1) is 0 Å². The molecule has 22 heavy (non-hydrogen) atoms. The summed E-state index contributed by atoms with van der Waals surface area (Å²) in [5, 5.41) is 11.8. The number of aliphatic imine (C=N–C) groups is 1. The van der Waals surface area contributed by atoms with Crippen LogP contribution in [0.3, 0.4) is 0 Å². The van der Waals surface area contributed by atoms with Crippen LogP contribution >= 0.6 is 0 Å². The van der Waals surface area contributed by atoms with E-state index in [9.17, 15) is 0 Å². The van der Waals surface area contributed by atoms with Gasteiger partial charge in [-0.05, 0) is 69.1 Å². The van der Waals surface area contributed by atoms with Gasteiger partial charge in [0.15, 0.2) is 5.96 Å². The Morgan fingerprint density at radius 3 is 2.68 bits per heavy atom. The Balaban J connectivity index is 1.67. The van der Waals surface area contributed by atoms with Gasteiger partial charge in [-0.3, -0.25) is 4.99 Å². The van der Waals surface area contributed by atoms with Crippen LogP contribution in [0, 0.1) is 17.2 Å². The molecule has 118 valence electrons. The van der Waals surface area contributed by atoms with E-state index in [0.717, 1.165) is 31.1 Å². The number of nitrogens with one attached hydrogen (secondary N) is 1. The number of guanidine groups is 1. The van der Waals surface area contributed by atoms with E-state index in [1.54, 1.807) is 12.1 Å². The molecule has 0 atom stereocenters. The Morgan fingerprint density at radius 1 is 1.36 bits per heavy atom. The highest BCUT2D eigenvalue weighted by Crippen LogP contribution is 2.15. The van der Waals surface area contributed by atoms with Crippen molar-refractivity contribution in [1.29, 1.82) is 5.26 Å². The molecule has 1 aliphatic heterocycles. The smallest absolute Gasteiger partial charge is 0.193 e. The average molecular weight is 299 g/mol. The van der Waals surface area contributed by atoms with Crippen LogP contribution in [0.15, 0.2) is 29.3 Å². The summed E-state index contributed by atoms with van der Waals surface area (Å²) < 4.78 is 0. The lowest BCUT2D eigenvalue weighted by Crippen LogP contribution is -2.34. The van der Waals surface area contributed by atoms with Crippen LogP contribution in [0.4, 0.5) is 5.69 Å². The zero-order valence-electron chi connectivity index (χ0n) is 13.3. The first-order valence-electron chi connectivity index (χ1n) is 7.97. The second-order valence-corrected chi connectivity index (χ2v) is 5.96. The van der Waals surface area contributed by atoms with Crippen molar-refractivity contribution in [2.45, 2.75) is 26.2 Å². The number of likely N-dealkylation sites (tertiary alicyclic amines) is 1. The first-order valence-corrected chi connectivity index (χ1v) is 7.97. The monoisotopic (exact) mass is 299 g/mol. The van der Waals surface area contributed by atoms with Crippen LogP contribution < -0.4 is 11.1 Å². The summed E-state index contributed by atoms with van der Waals surface area (Å²) in [7, 11) is 0. The number of nitriles is 1. The van der Waals surface area contributed by atoms with E-state index in [1.165, 1.54) is 25.9 Å². The molecule has 5 heteroatoms. The Morgan fingerprint density at radius 2 is 2.05 bits per heavy atom. The number of rotatable bonds is 5. The number of nitrogens with two attached hydrogens (primary N) is 1. The van der Waals surface area contributed by atoms with Gasteiger partial charge in [0.05, 0.1) is 11.6 Å². The van der Waals surface area contributed by atoms with Gasteiger partial charge < -0.3 is 16.0 Å². The van der Waals surface area contributed by atoms with E-state index in [0.29, 0.717) is 11.5 Å². The number of hydrogen-bond acceptors (Lipinski definition) is 3. The standard InChI is InChI=1S/C17H25N5/c1-14-7-11-22(12-8-14)10-2-9-20-17(19)21-16-5-3-15(13-18)4-6-16/h3-6,14H,2,7-12H2,1H3,(H3,19,20,21). The summed E-state index contributed by atoms with van der Waals surface area (Å²) in [6, 6.07) is 9.26. The Hall–Kier alpha value is -2.06. The molecule has 1 heterocycles. The third-order valence-corrected chi connectivity index (χ3v) is 4.08. The molecule has 1 aliphatic rings. The first kappa shape index (κ1) is 16.3. The van der Waals surface area contributed by atoms with Crippen molar-refractivity contribution in [3.63, 3.8) is 0 Å². The Bertz CT molecular complexity index is 521. The van der Waals surface area contributed by atoms with E-state index < -0.39 is 0 Å². The van der Waals surface area contributed by atoms with Crippen molar-refractivity contribution in [1.82, 2.24) is 4.90 Å². The second kappa shape index (κ2) is 8.40. The maximum atomic E-state index is 8.75. The average Bonchev–Trinajstić information content (AvgIpc) is 2.54. The quantitative estimate of drug-likeness (QED) is 0.497. The molecular formula is C17H25N5. The number of anilines is 1. The lowest BCUT2D eigenvalue weighted by Gasteiger charge is -2.29. The third kappa shape index (κ3) is 5.38. The molecule has 0 saturated carbocycles. The second-order valence-electron chi connectivity index (χ2n) is 5.96. The molecule has 0 aromatic heterocycles. The zero-order valence-corrected chi connectivity index (χ0v) is 13.3. The highest BCUT2D eigenvalue weighted by atomic mass is 15.1. The van der Waals surface area contributed by atoms with Gasteiger partial charge in [0, 0.05) is 12.2 Å². The topological polar surface area (TPSA) is 77.4 Å². The largest absolute Gasteiger partial charge is 0.370 e. The minimum absolute atomic E-state index is 0.428. The third-order valence-electron chi connectivity index (χ3n) is 4.08. The summed E-state index contributed by atoms with van der Waals surface area (Å²) in [5.41, 5.74) is 7.36. The maximum Gasteiger partial charge on any atom is 0.193 e. The van der Waals surface area contributed by atoms with E-state index in [-0.39, 0.29) is 0 Å². The van der Waals surface area contributed by atoms with Crippen molar-refractivity contribution in [3.8, 4) is 6.07 Å². The SMILES string of the molecule is CC1CCN(CCCN=C(N)Nc2ccc(C#N)cc2)CC1. The molecule has 0 bridgehead atoms. The minimum atomic E-state index is 0.428. The lowest BCUT2D eigenvalue weighted by atomic mass is 9.99. The van der Waals surface area contributed by atoms with E-state index in [1.807, 2.05) is 12.1 Å². The minimum Gasteiger partial charge on any atom is -0.370 e. The molecule has 0 spiro atoms. The van der Waals surface area contributed by atoms with Crippen LogP contribution in [-0.2, 0) is 0 Å². The summed E-state index contributed by atoms with van der Waals surface area (Å²) in [6.45, 7) is 6.59. The fourth-order valence-corrected chi connectivity index (χ4v) is 2.60. The normalized spacial score (nSPS) is 17.2. The summed E-state index contributed by atoms with van der Waals surface area (Å²) in [6.07, 6.45) is 3.65. The lowest BCUT2D eigenvalue weighted by molar-refractivity contribution is 0.192. The van der Waals surface area contributed by atoms with Crippen molar-refractivity contribution >= 4 is 11.6 Å². The van der Waals surface area contributed by atoms with Crippen molar-refractivity contribution in [3.05, 3.63) is 29.8 Å². The van der Waals surface area contributed by atoms with E-state index >= 15 is 0 Å². The summed E-state index contributed by atoms with van der Waals surface area (Å²) in [4.78, 5) is 6.87. The van der Waals surface area contributed by atoms with Gasteiger partial charge in [-0.1, -0.05) is 6.92 Å². The van der Waals surface area contributed by atoms with Crippen LogP contribution in [0.25, 0.3) is 0 Å². The zero-order chi connectivity index (χ0) is 15.8. The first-order chi connectivity index (χ1) is 10.7. The van der Waals surface area contributed by atoms with Crippen LogP contribution in [0.2, 0.25) is 0 Å².